The molecule has 3 heterocycles. The highest BCUT2D eigenvalue weighted by Crippen LogP contribution is 2.24. The Morgan fingerprint density at radius 2 is 1.93 bits per heavy atom. The van der Waals surface area contributed by atoms with Gasteiger partial charge in [-0.05, 0) is 42.8 Å². The third-order valence-electron chi connectivity index (χ3n) is 4.79. The van der Waals surface area contributed by atoms with Gasteiger partial charge in [0.1, 0.15) is 0 Å². The quantitative estimate of drug-likeness (QED) is 0.646. The Bertz CT molecular complexity index is 1100. The van der Waals surface area contributed by atoms with Crippen molar-refractivity contribution in [3.63, 3.8) is 0 Å². The molecular weight excluding hydrogens is 410 g/mol. The third kappa shape index (κ3) is 4.25. The third-order valence-corrected chi connectivity index (χ3v) is 7.59. The van der Waals surface area contributed by atoms with Crippen LogP contribution in [0.15, 0.2) is 52.7 Å². The van der Waals surface area contributed by atoms with Crippen molar-refractivity contribution in [1.29, 1.82) is 0 Å². The predicted octanol–water partition coefficient (Wildman–Crippen LogP) is 2.33. The van der Waals surface area contributed by atoms with E-state index in [1.807, 2.05) is 24.6 Å². The normalized spacial score (nSPS) is 16.0. The fourth-order valence-electron chi connectivity index (χ4n) is 3.10. The lowest BCUT2D eigenvalue weighted by atomic mass is 10.3. The van der Waals surface area contributed by atoms with E-state index in [9.17, 15) is 13.2 Å². The fraction of sp³-hybridized carbons (Fsp3) is 0.263. The molecule has 0 atom stereocenters. The lowest BCUT2D eigenvalue weighted by Gasteiger charge is -2.31. The topological polar surface area (TPSA) is 98.4 Å². The predicted molar refractivity (Wildman–Crippen MR) is 113 cm³/mol. The monoisotopic (exact) mass is 431 g/mol. The van der Waals surface area contributed by atoms with Gasteiger partial charge in [0.2, 0.25) is 10.0 Å². The Labute approximate surface area is 173 Å². The number of sulfonamides is 1. The van der Waals surface area contributed by atoms with E-state index in [-0.39, 0.29) is 10.6 Å². The van der Waals surface area contributed by atoms with E-state index in [2.05, 4.69) is 20.4 Å². The molecule has 0 unspecified atom stereocenters. The number of benzene rings is 1. The lowest BCUT2D eigenvalue weighted by molar-refractivity contribution is 0.102. The van der Waals surface area contributed by atoms with E-state index in [4.69, 9.17) is 0 Å². The maximum Gasteiger partial charge on any atom is 0.276 e. The van der Waals surface area contributed by atoms with Crippen LogP contribution in [0.1, 0.15) is 10.5 Å². The number of aromatic nitrogens is 2. The van der Waals surface area contributed by atoms with E-state index in [0.29, 0.717) is 31.9 Å². The highest BCUT2D eigenvalue weighted by Gasteiger charge is 2.27. The summed E-state index contributed by atoms with van der Waals surface area (Å²) in [6.07, 6.45) is 0. The van der Waals surface area contributed by atoms with Crippen molar-refractivity contribution >= 4 is 33.0 Å². The molecule has 1 aromatic carbocycles. The molecule has 152 valence electrons. The summed E-state index contributed by atoms with van der Waals surface area (Å²) < 4.78 is 27.3. The first-order valence-corrected chi connectivity index (χ1v) is 11.4. The number of H-pyrrole nitrogens is 1. The molecule has 0 radical (unpaired) electrons. The second kappa shape index (κ2) is 8.07. The number of piperazine rings is 1. The van der Waals surface area contributed by atoms with Gasteiger partial charge in [0.05, 0.1) is 15.5 Å². The van der Waals surface area contributed by atoms with Crippen LogP contribution in [0.5, 0.6) is 0 Å². The second-order valence-electron chi connectivity index (χ2n) is 6.83. The molecule has 0 spiro atoms. The zero-order chi connectivity index (χ0) is 20.4. The summed E-state index contributed by atoms with van der Waals surface area (Å²) in [5.74, 6) is -0.404. The molecule has 1 aliphatic heterocycles. The first kappa shape index (κ1) is 19.8. The van der Waals surface area contributed by atoms with Gasteiger partial charge in [0.15, 0.2) is 5.69 Å². The highest BCUT2D eigenvalue weighted by atomic mass is 32.2. The van der Waals surface area contributed by atoms with Crippen LogP contribution in [0.3, 0.4) is 0 Å². The average molecular weight is 432 g/mol. The van der Waals surface area contributed by atoms with Gasteiger partial charge in [-0.25, -0.2) is 8.42 Å². The summed E-state index contributed by atoms with van der Waals surface area (Å²) >= 11 is 1.55. The molecule has 1 amide bonds. The number of rotatable bonds is 5. The Kier molecular flexibility index (Phi) is 5.50. The Balaban J connectivity index is 1.49. The molecule has 0 aliphatic carbocycles. The highest BCUT2D eigenvalue weighted by molar-refractivity contribution is 7.89. The van der Waals surface area contributed by atoms with Gasteiger partial charge in [-0.2, -0.15) is 9.40 Å². The van der Waals surface area contributed by atoms with Crippen LogP contribution in [0.4, 0.5) is 5.69 Å². The number of amides is 1. The van der Waals surface area contributed by atoms with Gasteiger partial charge < -0.3 is 10.2 Å². The van der Waals surface area contributed by atoms with Crippen LogP contribution in [-0.2, 0) is 10.0 Å². The van der Waals surface area contributed by atoms with Crippen LogP contribution in [-0.4, -0.2) is 67.0 Å². The van der Waals surface area contributed by atoms with E-state index in [1.165, 1.54) is 10.4 Å². The maximum atomic E-state index is 12.9. The lowest BCUT2D eigenvalue weighted by Crippen LogP contribution is -2.47. The van der Waals surface area contributed by atoms with Crippen molar-refractivity contribution in [3.05, 3.63) is 53.5 Å². The molecule has 0 bridgehead atoms. The van der Waals surface area contributed by atoms with E-state index in [1.54, 1.807) is 35.6 Å². The number of likely N-dealkylation sites (N-methyl/N-ethyl adjacent to an activating group) is 1. The van der Waals surface area contributed by atoms with Crippen molar-refractivity contribution in [1.82, 2.24) is 19.4 Å². The zero-order valence-electron chi connectivity index (χ0n) is 15.8. The van der Waals surface area contributed by atoms with Crippen molar-refractivity contribution < 1.29 is 13.2 Å². The summed E-state index contributed by atoms with van der Waals surface area (Å²) in [6, 6.07) is 11.9. The van der Waals surface area contributed by atoms with Gasteiger partial charge >= 0.3 is 0 Å². The molecule has 1 aliphatic rings. The smallest absolute Gasteiger partial charge is 0.276 e. The van der Waals surface area contributed by atoms with Crippen molar-refractivity contribution in [3.8, 4) is 10.6 Å². The van der Waals surface area contributed by atoms with Crippen LogP contribution in [0.25, 0.3) is 10.6 Å². The number of anilines is 1. The fourth-order valence-corrected chi connectivity index (χ4v) is 5.26. The summed E-state index contributed by atoms with van der Waals surface area (Å²) in [6.45, 7) is 2.30. The Morgan fingerprint density at radius 1 is 1.14 bits per heavy atom. The summed E-state index contributed by atoms with van der Waals surface area (Å²) in [5.41, 5.74) is 1.41. The molecule has 2 N–H and O–H groups in total. The number of nitrogens with zero attached hydrogens (tertiary/aromatic N) is 3. The first-order chi connectivity index (χ1) is 13.9. The minimum Gasteiger partial charge on any atom is -0.321 e. The molecule has 29 heavy (non-hydrogen) atoms. The molecule has 10 heteroatoms. The number of thiophene rings is 1. The number of hydrogen-bond donors (Lipinski definition) is 2. The van der Waals surface area contributed by atoms with Gasteiger partial charge in [-0.15, -0.1) is 11.3 Å². The second-order valence-corrected chi connectivity index (χ2v) is 9.72. The Hall–Kier alpha value is -2.53. The van der Waals surface area contributed by atoms with Crippen molar-refractivity contribution in [2.45, 2.75) is 4.90 Å². The standard InChI is InChI=1S/C19H21N5O3S2/c1-23-7-9-24(10-8-23)29(26,27)15-5-2-4-14(12-15)20-19(25)17-13-16(21-22-17)18-6-3-11-28-18/h2-6,11-13H,7-10H2,1H3,(H,20,25)(H,21,22). The maximum absolute atomic E-state index is 12.9. The Morgan fingerprint density at radius 3 is 2.66 bits per heavy atom. The van der Waals surface area contributed by atoms with Crippen LogP contribution >= 0.6 is 11.3 Å². The average Bonchev–Trinajstić information content (AvgIpc) is 3.40. The van der Waals surface area contributed by atoms with Gasteiger partial charge in [-0.1, -0.05) is 12.1 Å². The van der Waals surface area contributed by atoms with Crippen molar-refractivity contribution in [2.75, 3.05) is 38.5 Å². The number of carbonyl (C=O) groups excluding carboxylic acids is 1. The molecular formula is C19H21N5O3S2. The molecule has 0 saturated carbocycles. The summed E-state index contributed by atoms with van der Waals surface area (Å²) in [4.78, 5) is 15.8. The number of aromatic amines is 1. The van der Waals surface area contributed by atoms with Crippen LogP contribution in [0, 0.1) is 0 Å². The minimum absolute atomic E-state index is 0.168. The molecule has 1 saturated heterocycles. The molecule has 1 fully saturated rings. The molecule has 8 nitrogen and oxygen atoms in total. The van der Waals surface area contributed by atoms with Gasteiger partial charge in [0.25, 0.3) is 5.91 Å². The van der Waals surface area contributed by atoms with E-state index in [0.717, 1.165) is 10.6 Å². The van der Waals surface area contributed by atoms with Gasteiger partial charge in [0, 0.05) is 31.9 Å². The van der Waals surface area contributed by atoms with E-state index >= 15 is 0 Å². The number of nitrogens with one attached hydrogen (secondary N) is 2. The van der Waals surface area contributed by atoms with Gasteiger partial charge in [-0.3, -0.25) is 9.89 Å². The zero-order valence-corrected chi connectivity index (χ0v) is 17.5. The molecule has 2 aromatic heterocycles. The number of hydrogen-bond acceptors (Lipinski definition) is 6. The van der Waals surface area contributed by atoms with E-state index < -0.39 is 15.9 Å². The van der Waals surface area contributed by atoms with Crippen LogP contribution in [0.2, 0.25) is 0 Å². The molecule has 3 aromatic rings. The number of carbonyl (C=O) groups is 1. The molecule has 4 rings (SSSR count). The largest absolute Gasteiger partial charge is 0.321 e. The van der Waals surface area contributed by atoms with Crippen LogP contribution < -0.4 is 5.32 Å². The summed E-state index contributed by atoms with van der Waals surface area (Å²) in [7, 11) is -1.63. The minimum atomic E-state index is -3.60. The summed E-state index contributed by atoms with van der Waals surface area (Å²) in [5, 5.41) is 11.6. The van der Waals surface area contributed by atoms with Crippen molar-refractivity contribution in [2.24, 2.45) is 0 Å². The SMILES string of the molecule is CN1CCN(S(=O)(=O)c2cccc(NC(=O)c3cc(-c4cccs4)[nH]n3)c2)CC1. The first-order valence-electron chi connectivity index (χ1n) is 9.13.